The number of carbonyl (C=O) groups is 1. The number of amides is 1. The molecule has 2 atom stereocenters. The van der Waals surface area contributed by atoms with Crippen molar-refractivity contribution in [1.29, 1.82) is 0 Å². The summed E-state index contributed by atoms with van der Waals surface area (Å²) in [5.41, 5.74) is 0.597. The van der Waals surface area contributed by atoms with Gasteiger partial charge in [0.1, 0.15) is 5.82 Å². The van der Waals surface area contributed by atoms with Crippen molar-refractivity contribution in [1.82, 2.24) is 5.32 Å². The van der Waals surface area contributed by atoms with Gasteiger partial charge in [-0.3, -0.25) is 4.79 Å². The molecule has 1 aromatic rings. The van der Waals surface area contributed by atoms with Gasteiger partial charge in [-0.05, 0) is 31.4 Å². The van der Waals surface area contributed by atoms with Gasteiger partial charge in [0.2, 0.25) is 5.91 Å². The van der Waals surface area contributed by atoms with Crippen LogP contribution in [0.25, 0.3) is 0 Å². The molecule has 0 radical (unpaired) electrons. The minimum Gasteiger partial charge on any atom is -0.353 e. The molecule has 1 N–H and O–H groups in total. The van der Waals surface area contributed by atoms with Crippen molar-refractivity contribution in [3.8, 4) is 0 Å². The molecule has 17 heavy (non-hydrogen) atoms. The Kier molecular flexibility index (Phi) is 5.13. The molecular formula is C14H20FNO. The van der Waals surface area contributed by atoms with E-state index in [1.54, 1.807) is 18.2 Å². The van der Waals surface area contributed by atoms with Gasteiger partial charge in [-0.15, -0.1) is 0 Å². The van der Waals surface area contributed by atoms with Gasteiger partial charge in [0, 0.05) is 12.0 Å². The van der Waals surface area contributed by atoms with Gasteiger partial charge in [0.25, 0.3) is 0 Å². The zero-order valence-corrected chi connectivity index (χ0v) is 10.7. The third-order valence-corrected chi connectivity index (χ3v) is 2.93. The molecule has 0 heterocycles. The summed E-state index contributed by atoms with van der Waals surface area (Å²) >= 11 is 0. The topological polar surface area (TPSA) is 29.1 Å². The number of hydrogen-bond donors (Lipinski definition) is 1. The second-order valence-electron chi connectivity index (χ2n) is 4.51. The van der Waals surface area contributed by atoms with Gasteiger partial charge in [-0.25, -0.2) is 4.39 Å². The SMILES string of the molecule is CCC(C)NC(=O)C(C)Cc1ccccc1F. The van der Waals surface area contributed by atoms with Crippen LogP contribution >= 0.6 is 0 Å². The first-order valence-corrected chi connectivity index (χ1v) is 6.08. The lowest BCUT2D eigenvalue weighted by Crippen LogP contribution is -2.36. The highest BCUT2D eigenvalue weighted by Gasteiger charge is 2.16. The Balaban J connectivity index is 2.57. The van der Waals surface area contributed by atoms with E-state index in [0.29, 0.717) is 12.0 Å². The van der Waals surface area contributed by atoms with E-state index in [1.807, 2.05) is 20.8 Å². The van der Waals surface area contributed by atoms with Crippen LogP contribution in [0.1, 0.15) is 32.8 Å². The predicted molar refractivity (Wildman–Crippen MR) is 67.2 cm³/mol. The Morgan fingerprint density at radius 2 is 2.00 bits per heavy atom. The van der Waals surface area contributed by atoms with Gasteiger partial charge in [-0.1, -0.05) is 32.0 Å². The number of carbonyl (C=O) groups excluding carboxylic acids is 1. The highest BCUT2D eigenvalue weighted by Crippen LogP contribution is 2.12. The van der Waals surface area contributed by atoms with Crippen LogP contribution < -0.4 is 5.32 Å². The summed E-state index contributed by atoms with van der Waals surface area (Å²) in [6, 6.07) is 6.77. The molecule has 1 rings (SSSR count). The van der Waals surface area contributed by atoms with Gasteiger partial charge in [0.05, 0.1) is 0 Å². The summed E-state index contributed by atoms with van der Waals surface area (Å²) < 4.78 is 13.4. The van der Waals surface area contributed by atoms with E-state index in [-0.39, 0.29) is 23.7 Å². The van der Waals surface area contributed by atoms with Crippen LogP contribution in [0.15, 0.2) is 24.3 Å². The molecule has 0 saturated carbocycles. The molecule has 0 fully saturated rings. The number of benzene rings is 1. The second kappa shape index (κ2) is 6.38. The first-order chi connectivity index (χ1) is 8.04. The van der Waals surface area contributed by atoms with Crippen LogP contribution in [-0.2, 0) is 11.2 Å². The number of hydrogen-bond acceptors (Lipinski definition) is 1. The van der Waals surface area contributed by atoms with E-state index in [2.05, 4.69) is 5.32 Å². The number of nitrogens with one attached hydrogen (secondary N) is 1. The minimum atomic E-state index is -0.240. The summed E-state index contributed by atoms with van der Waals surface area (Å²) in [5, 5.41) is 2.91. The lowest BCUT2D eigenvalue weighted by atomic mass is 9.99. The average molecular weight is 237 g/mol. The van der Waals surface area contributed by atoms with Gasteiger partial charge >= 0.3 is 0 Å². The fraction of sp³-hybridized carbons (Fsp3) is 0.500. The lowest BCUT2D eigenvalue weighted by molar-refractivity contribution is -0.125. The maximum absolute atomic E-state index is 13.4. The number of rotatable bonds is 5. The van der Waals surface area contributed by atoms with E-state index < -0.39 is 0 Å². The van der Waals surface area contributed by atoms with Crippen LogP contribution in [0.5, 0.6) is 0 Å². The molecule has 2 nitrogen and oxygen atoms in total. The normalized spacial score (nSPS) is 14.1. The molecule has 0 aliphatic carbocycles. The zero-order valence-electron chi connectivity index (χ0n) is 10.7. The van der Waals surface area contributed by atoms with Gasteiger partial charge < -0.3 is 5.32 Å². The quantitative estimate of drug-likeness (QED) is 0.838. The van der Waals surface area contributed by atoms with Crippen molar-refractivity contribution in [3.63, 3.8) is 0 Å². The third kappa shape index (κ3) is 4.17. The molecule has 0 aromatic heterocycles. The molecule has 3 heteroatoms. The third-order valence-electron chi connectivity index (χ3n) is 2.93. The van der Waals surface area contributed by atoms with Crippen LogP contribution in [-0.4, -0.2) is 11.9 Å². The monoisotopic (exact) mass is 237 g/mol. The van der Waals surface area contributed by atoms with Gasteiger partial charge in [0.15, 0.2) is 0 Å². The number of halogens is 1. The van der Waals surface area contributed by atoms with Gasteiger partial charge in [-0.2, -0.15) is 0 Å². The molecule has 0 saturated heterocycles. The highest BCUT2D eigenvalue weighted by molar-refractivity contribution is 5.78. The summed E-state index contributed by atoms with van der Waals surface area (Å²) in [5.74, 6) is -0.459. The Bertz CT molecular complexity index is 378. The largest absolute Gasteiger partial charge is 0.353 e. The smallest absolute Gasteiger partial charge is 0.223 e. The Morgan fingerprint density at radius 3 is 2.59 bits per heavy atom. The molecule has 0 bridgehead atoms. The Labute approximate surface area is 102 Å². The zero-order chi connectivity index (χ0) is 12.8. The summed E-state index contributed by atoms with van der Waals surface area (Å²) in [4.78, 5) is 11.8. The highest BCUT2D eigenvalue weighted by atomic mass is 19.1. The van der Waals surface area contributed by atoms with Crippen molar-refractivity contribution < 1.29 is 9.18 Å². The van der Waals surface area contributed by atoms with E-state index in [9.17, 15) is 9.18 Å². The summed E-state index contributed by atoms with van der Waals surface area (Å²) in [6.07, 6.45) is 1.34. The summed E-state index contributed by atoms with van der Waals surface area (Å²) in [6.45, 7) is 5.81. The summed E-state index contributed by atoms with van der Waals surface area (Å²) in [7, 11) is 0. The van der Waals surface area contributed by atoms with Crippen molar-refractivity contribution in [2.75, 3.05) is 0 Å². The van der Waals surface area contributed by atoms with E-state index >= 15 is 0 Å². The fourth-order valence-electron chi connectivity index (χ4n) is 1.57. The first kappa shape index (κ1) is 13.7. The molecule has 1 amide bonds. The van der Waals surface area contributed by atoms with Crippen molar-refractivity contribution in [3.05, 3.63) is 35.6 Å². The molecule has 2 unspecified atom stereocenters. The fourth-order valence-corrected chi connectivity index (χ4v) is 1.57. The van der Waals surface area contributed by atoms with Crippen molar-refractivity contribution in [2.45, 2.75) is 39.7 Å². The average Bonchev–Trinajstić information content (AvgIpc) is 2.31. The molecule has 0 spiro atoms. The molecule has 94 valence electrons. The predicted octanol–water partition coefficient (Wildman–Crippen LogP) is 2.92. The van der Waals surface area contributed by atoms with Crippen LogP contribution in [0.2, 0.25) is 0 Å². The molecule has 0 aliphatic heterocycles. The molecule has 0 aliphatic rings. The van der Waals surface area contributed by atoms with Crippen molar-refractivity contribution in [2.24, 2.45) is 5.92 Å². The Morgan fingerprint density at radius 1 is 1.35 bits per heavy atom. The molecule has 1 aromatic carbocycles. The first-order valence-electron chi connectivity index (χ1n) is 6.08. The van der Waals surface area contributed by atoms with Crippen molar-refractivity contribution >= 4 is 5.91 Å². The minimum absolute atomic E-state index is 0.0115. The Hall–Kier alpha value is -1.38. The van der Waals surface area contributed by atoms with E-state index in [1.165, 1.54) is 6.07 Å². The van der Waals surface area contributed by atoms with Crippen LogP contribution in [0.4, 0.5) is 4.39 Å². The lowest BCUT2D eigenvalue weighted by Gasteiger charge is -2.16. The van der Waals surface area contributed by atoms with E-state index in [4.69, 9.17) is 0 Å². The van der Waals surface area contributed by atoms with E-state index in [0.717, 1.165) is 6.42 Å². The maximum Gasteiger partial charge on any atom is 0.223 e. The second-order valence-corrected chi connectivity index (χ2v) is 4.51. The van der Waals surface area contributed by atoms with Crippen LogP contribution in [0, 0.1) is 11.7 Å². The maximum atomic E-state index is 13.4. The van der Waals surface area contributed by atoms with Crippen LogP contribution in [0.3, 0.4) is 0 Å². The molecular weight excluding hydrogens is 217 g/mol. The standard InChI is InChI=1S/C14H20FNO/c1-4-11(3)16-14(17)10(2)9-12-7-5-6-8-13(12)15/h5-8,10-11H,4,9H2,1-3H3,(H,16,17).